The molecule has 2 atom stereocenters. The van der Waals surface area contributed by atoms with Crippen LogP contribution in [0.1, 0.15) is 39.0 Å². The number of esters is 1. The summed E-state index contributed by atoms with van der Waals surface area (Å²) in [6.45, 7) is 6.28. The van der Waals surface area contributed by atoms with Gasteiger partial charge in [0, 0.05) is 12.6 Å². The van der Waals surface area contributed by atoms with Crippen LogP contribution in [-0.4, -0.2) is 49.8 Å². The van der Waals surface area contributed by atoms with Crippen LogP contribution in [0.25, 0.3) is 0 Å². The Morgan fingerprint density at radius 3 is 2.78 bits per heavy atom. The molecule has 0 bridgehead atoms. The number of carbonyl (C=O) groups excluding carboxylic acids is 1. The van der Waals surface area contributed by atoms with E-state index in [1.165, 1.54) is 19.3 Å². The summed E-state index contributed by atoms with van der Waals surface area (Å²) >= 11 is 0. The van der Waals surface area contributed by atoms with E-state index in [0.717, 1.165) is 32.7 Å². The molecule has 0 saturated carbocycles. The summed E-state index contributed by atoms with van der Waals surface area (Å²) in [6.07, 6.45) is 5.35. The minimum absolute atomic E-state index is 0.0556. The minimum Gasteiger partial charge on any atom is -0.466 e. The molecule has 2 unspecified atom stereocenters. The molecule has 4 nitrogen and oxygen atoms in total. The van der Waals surface area contributed by atoms with Crippen LogP contribution >= 0.6 is 0 Å². The summed E-state index contributed by atoms with van der Waals surface area (Å²) in [7, 11) is 0. The van der Waals surface area contributed by atoms with Gasteiger partial charge in [0.05, 0.1) is 19.6 Å². The van der Waals surface area contributed by atoms with Crippen molar-refractivity contribution in [3.05, 3.63) is 0 Å². The standard InChI is InChI=1S/C14H25NO3/c1-2-18-14(16)10-13(15-7-3-4-8-15)12-6-5-9-17-11-12/h12-13H,2-11H2,1H3. The topological polar surface area (TPSA) is 38.8 Å². The lowest BCUT2D eigenvalue weighted by Crippen LogP contribution is -2.43. The SMILES string of the molecule is CCOC(=O)CC(C1CCCOC1)N1CCCC1. The third-order valence-corrected chi connectivity index (χ3v) is 4.03. The molecule has 2 heterocycles. The molecule has 2 rings (SSSR count). The van der Waals surface area contributed by atoms with Gasteiger partial charge in [0.25, 0.3) is 0 Å². The fourth-order valence-electron chi connectivity index (χ4n) is 3.13. The van der Waals surface area contributed by atoms with Gasteiger partial charge < -0.3 is 9.47 Å². The van der Waals surface area contributed by atoms with E-state index in [2.05, 4.69) is 4.90 Å². The second-order valence-electron chi connectivity index (χ2n) is 5.30. The average Bonchev–Trinajstić information content (AvgIpc) is 2.91. The van der Waals surface area contributed by atoms with Crippen molar-refractivity contribution in [2.45, 2.75) is 45.1 Å². The molecule has 0 N–H and O–H groups in total. The van der Waals surface area contributed by atoms with Crippen molar-refractivity contribution in [1.29, 1.82) is 0 Å². The zero-order valence-electron chi connectivity index (χ0n) is 11.4. The van der Waals surface area contributed by atoms with E-state index in [9.17, 15) is 4.79 Å². The molecule has 0 spiro atoms. The Kier molecular flexibility index (Phi) is 5.45. The monoisotopic (exact) mass is 255 g/mol. The summed E-state index contributed by atoms with van der Waals surface area (Å²) in [6, 6.07) is 0.326. The van der Waals surface area contributed by atoms with Gasteiger partial charge >= 0.3 is 5.97 Å². The number of rotatable bonds is 5. The summed E-state index contributed by atoms with van der Waals surface area (Å²) in [5, 5.41) is 0. The van der Waals surface area contributed by atoms with Gasteiger partial charge in [-0.2, -0.15) is 0 Å². The van der Waals surface area contributed by atoms with Crippen molar-refractivity contribution in [1.82, 2.24) is 4.90 Å². The number of ether oxygens (including phenoxy) is 2. The van der Waals surface area contributed by atoms with Gasteiger partial charge in [0.2, 0.25) is 0 Å². The van der Waals surface area contributed by atoms with E-state index in [1.54, 1.807) is 0 Å². The molecule has 18 heavy (non-hydrogen) atoms. The number of carbonyl (C=O) groups is 1. The molecule has 0 aliphatic carbocycles. The van der Waals surface area contributed by atoms with Gasteiger partial charge in [-0.1, -0.05) is 0 Å². The molecule has 2 fully saturated rings. The predicted molar refractivity (Wildman–Crippen MR) is 69.4 cm³/mol. The van der Waals surface area contributed by atoms with E-state index < -0.39 is 0 Å². The third-order valence-electron chi connectivity index (χ3n) is 4.03. The predicted octanol–water partition coefficient (Wildman–Crippen LogP) is 1.83. The summed E-state index contributed by atoms with van der Waals surface area (Å²) in [5.74, 6) is 0.446. The first-order valence-electron chi connectivity index (χ1n) is 7.28. The molecule has 2 aliphatic rings. The fraction of sp³-hybridized carbons (Fsp3) is 0.929. The van der Waals surface area contributed by atoms with Crippen LogP contribution in [0.3, 0.4) is 0 Å². The maximum Gasteiger partial charge on any atom is 0.307 e. The van der Waals surface area contributed by atoms with Crippen LogP contribution in [0.5, 0.6) is 0 Å². The first-order chi connectivity index (χ1) is 8.81. The van der Waals surface area contributed by atoms with E-state index in [1.807, 2.05) is 6.92 Å². The van der Waals surface area contributed by atoms with Crippen molar-refractivity contribution in [2.24, 2.45) is 5.92 Å². The molecule has 0 aromatic carbocycles. The molecule has 0 amide bonds. The second-order valence-corrected chi connectivity index (χ2v) is 5.30. The maximum absolute atomic E-state index is 11.8. The number of hydrogen-bond acceptors (Lipinski definition) is 4. The maximum atomic E-state index is 11.8. The highest BCUT2D eigenvalue weighted by molar-refractivity contribution is 5.70. The molecular formula is C14H25NO3. The zero-order chi connectivity index (χ0) is 12.8. The Morgan fingerprint density at radius 2 is 2.17 bits per heavy atom. The van der Waals surface area contributed by atoms with Crippen LogP contribution < -0.4 is 0 Å². The number of likely N-dealkylation sites (tertiary alicyclic amines) is 1. The quantitative estimate of drug-likeness (QED) is 0.703. The van der Waals surface area contributed by atoms with Gasteiger partial charge in [-0.25, -0.2) is 0 Å². The van der Waals surface area contributed by atoms with Gasteiger partial charge in [-0.3, -0.25) is 9.69 Å². The van der Waals surface area contributed by atoms with Crippen molar-refractivity contribution >= 4 is 5.97 Å². The Morgan fingerprint density at radius 1 is 1.39 bits per heavy atom. The zero-order valence-corrected chi connectivity index (χ0v) is 11.4. The first kappa shape index (κ1) is 13.8. The highest BCUT2D eigenvalue weighted by Gasteiger charge is 2.32. The molecule has 2 aliphatic heterocycles. The van der Waals surface area contributed by atoms with E-state index >= 15 is 0 Å². The molecule has 4 heteroatoms. The Labute approximate surface area is 110 Å². The summed E-state index contributed by atoms with van der Waals surface area (Å²) < 4.78 is 10.7. The average molecular weight is 255 g/mol. The van der Waals surface area contributed by atoms with Crippen molar-refractivity contribution < 1.29 is 14.3 Å². The van der Waals surface area contributed by atoms with Crippen LogP contribution in [-0.2, 0) is 14.3 Å². The Hall–Kier alpha value is -0.610. The van der Waals surface area contributed by atoms with Gasteiger partial charge in [0.15, 0.2) is 0 Å². The van der Waals surface area contributed by atoms with Crippen LogP contribution in [0, 0.1) is 5.92 Å². The van der Waals surface area contributed by atoms with Gasteiger partial charge in [-0.05, 0) is 51.6 Å². The fourth-order valence-corrected chi connectivity index (χ4v) is 3.13. The molecule has 0 aromatic heterocycles. The summed E-state index contributed by atoms with van der Waals surface area (Å²) in [5.41, 5.74) is 0. The van der Waals surface area contributed by atoms with Gasteiger partial charge in [0.1, 0.15) is 0 Å². The Bertz CT molecular complexity index is 258. The van der Waals surface area contributed by atoms with Crippen molar-refractivity contribution in [2.75, 3.05) is 32.9 Å². The van der Waals surface area contributed by atoms with E-state index in [4.69, 9.17) is 9.47 Å². The molecule has 2 saturated heterocycles. The summed E-state index contributed by atoms with van der Waals surface area (Å²) in [4.78, 5) is 14.2. The Balaban J connectivity index is 1.94. The third kappa shape index (κ3) is 3.69. The molecule has 0 radical (unpaired) electrons. The molecular weight excluding hydrogens is 230 g/mol. The smallest absolute Gasteiger partial charge is 0.307 e. The highest BCUT2D eigenvalue weighted by atomic mass is 16.5. The molecule has 0 aromatic rings. The normalized spacial score (nSPS) is 27.1. The minimum atomic E-state index is -0.0556. The van der Waals surface area contributed by atoms with Crippen LogP contribution in [0.15, 0.2) is 0 Å². The van der Waals surface area contributed by atoms with Crippen molar-refractivity contribution in [3.63, 3.8) is 0 Å². The second kappa shape index (κ2) is 7.10. The lowest BCUT2D eigenvalue weighted by Gasteiger charge is -2.35. The van der Waals surface area contributed by atoms with E-state index in [0.29, 0.717) is 25.0 Å². The lowest BCUT2D eigenvalue weighted by molar-refractivity contribution is -0.145. The molecule has 104 valence electrons. The van der Waals surface area contributed by atoms with Crippen LogP contribution in [0.4, 0.5) is 0 Å². The number of nitrogens with zero attached hydrogens (tertiary/aromatic N) is 1. The number of hydrogen-bond donors (Lipinski definition) is 0. The highest BCUT2D eigenvalue weighted by Crippen LogP contribution is 2.27. The van der Waals surface area contributed by atoms with Crippen molar-refractivity contribution in [3.8, 4) is 0 Å². The largest absolute Gasteiger partial charge is 0.466 e. The van der Waals surface area contributed by atoms with Crippen LogP contribution in [0.2, 0.25) is 0 Å². The first-order valence-corrected chi connectivity index (χ1v) is 7.28. The van der Waals surface area contributed by atoms with E-state index in [-0.39, 0.29) is 5.97 Å². The lowest BCUT2D eigenvalue weighted by atomic mass is 9.90. The van der Waals surface area contributed by atoms with Gasteiger partial charge in [-0.15, -0.1) is 0 Å².